The molecular weight excluding hydrogens is 472 g/mol. The van der Waals surface area contributed by atoms with E-state index in [0.29, 0.717) is 0 Å². The minimum absolute atomic E-state index is 0.124. The molecule has 0 bridgehead atoms. The molecule has 0 heterocycles. The van der Waals surface area contributed by atoms with E-state index in [2.05, 4.69) is 0 Å². The summed E-state index contributed by atoms with van der Waals surface area (Å²) >= 11 is 0. The Kier molecular flexibility index (Phi) is 9.26. The van der Waals surface area contributed by atoms with E-state index in [9.17, 15) is 19.2 Å². The van der Waals surface area contributed by atoms with Gasteiger partial charge in [-0.15, -0.1) is 0 Å². The summed E-state index contributed by atoms with van der Waals surface area (Å²) in [5, 5.41) is 17.4. The van der Waals surface area contributed by atoms with Crippen molar-refractivity contribution in [3.63, 3.8) is 0 Å². The molecule has 0 unspecified atom stereocenters. The highest BCUT2D eigenvalue weighted by molar-refractivity contribution is 5.95. The molecule has 0 aliphatic carbocycles. The Morgan fingerprint density at radius 3 is 1.19 bits per heavy atom. The van der Waals surface area contributed by atoms with Crippen LogP contribution in [-0.2, 0) is 9.47 Å². The molecule has 0 saturated carbocycles. The van der Waals surface area contributed by atoms with Gasteiger partial charge >= 0.3 is 23.9 Å². The van der Waals surface area contributed by atoms with Crippen molar-refractivity contribution in [3.8, 4) is 11.5 Å². The summed E-state index contributed by atoms with van der Waals surface area (Å²) in [5.41, 5.74) is 0.774. The molecule has 3 rings (SSSR count). The summed E-state index contributed by atoms with van der Waals surface area (Å²) in [4.78, 5) is 48.4. The largest absolute Gasteiger partial charge is 0.460 e. The second-order valence-corrected chi connectivity index (χ2v) is 7.13. The highest BCUT2D eigenvalue weighted by Gasteiger charge is 2.14. The van der Waals surface area contributed by atoms with Crippen molar-refractivity contribution in [3.05, 3.63) is 95.1 Å². The summed E-state index contributed by atoms with van der Waals surface area (Å²) < 4.78 is 20.2. The van der Waals surface area contributed by atoms with Crippen LogP contribution in [0, 0.1) is 0 Å². The third-order valence-corrected chi connectivity index (χ3v) is 4.59. The van der Waals surface area contributed by atoms with Crippen molar-refractivity contribution in [1.82, 2.24) is 0 Å². The average molecular weight is 494 g/mol. The fourth-order valence-corrected chi connectivity index (χ4v) is 2.86. The SMILES string of the molecule is O=C(OCCO)c1ccc(C(=O)Oc2cccc(OC(=O)c3ccc(C(=O)OCCO)cc3)c2)cc1. The number of aliphatic hydroxyl groups excluding tert-OH is 2. The summed E-state index contributed by atoms with van der Waals surface area (Å²) in [6.07, 6.45) is 0. The molecule has 0 spiro atoms. The third-order valence-electron chi connectivity index (χ3n) is 4.59. The first kappa shape index (κ1) is 26.1. The lowest BCUT2D eigenvalue weighted by molar-refractivity contribution is 0.0427. The van der Waals surface area contributed by atoms with E-state index in [-0.39, 0.29) is 60.2 Å². The van der Waals surface area contributed by atoms with Crippen LogP contribution >= 0.6 is 0 Å². The molecule has 3 aromatic rings. The number of carbonyl (C=O) groups excluding carboxylic acids is 4. The van der Waals surface area contributed by atoms with Gasteiger partial charge in [0, 0.05) is 6.07 Å². The standard InChI is InChI=1S/C26H22O10/c27-12-14-33-23(29)17-4-8-19(9-5-17)25(31)35-21-2-1-3-22(16-21)36-26(32)20-10-6-18(7-11-20)24(30)34-15-13-28/h1-11,16,27-28H,12-15H2. The summed E-state index contributed by atoms with van der Waals surface area (Å²) in [7, 11) is 0. The number of ether oxygens (including phenoxy) is 4. The fraction of sp³-hybridized carbons (Fsp3) is 0.154. The zero-order valence-corrected chi connectivity index (χ0v) is 18.9. The highest BCUT2D eigenvalue weighted by atomic mass is 16.6. The number of esters is 4. The van der Waals surface area contributed by atoms with Crippen molar-refractivity contribution in [2.45, 2.75) is 0 Å². The monoisotopic (exact) mass is 494 g/mol. The topological polar surface area (TPSA) is 146 Å². The minimum atomic E-state index is -0.697. The number of hydrogen-bond acceptors (Lipinski definition) is 10. The third kappa shape index (κ3) is 7.23. The predicted octanol–water partition coefficient (Wildman–Crippen LogP) is 2.42. The van der Waals surface area contributed by atoms with Crippen LogP contribution in [0.4, 0.5) is 0 Å². The molecule has 0 aliphatic rings. The Balaban J connectivity index is 1.60. The lowest BCUT2D eigenvalue weighted by Gasteiger charge is -2.08. The van der Waals surface area contributed by atoms with Gasteiger partial charge < -0.3 is 29.2 Å². The maximum atomic E-state index is 12.4. The van der Waals surface area contributed by atoms with Gasteiger partial charge in [-0.1, -0.05) is 6.07 Å². The molecule has 10 nitrogen and oxygen atoms in total. The van der Waals surface area contributed by atoms with E-state index in [0.717, 1.165) is 0 Å². The van der Waals surface area contributed by atoms with Gasteiger partial charge in [0.1, 0.15) is 24.7 Å². The fourth-order valence-electron chi connectivity index (χ4n) is 2.86. The smallest absolute Gasteiger partial charge is 0.343 e. The van der Waals surface area contributed by atoms with Gasteiger partial charge in [-0.3, -0.25) is 0 Å². The van der Waals surface area contributed by atoms with Crippen LogP contribution in [0.2, 0.25) is 0 Å². The van der Waals surface area contributed by atoms with Crippen LogP contribution in [-0.4, -0.2) is 60.5 Å². The van der Waals surface area contributed by atoms with Crippen LogP contribution in [0.3, 0.4) is 0 Å². The Morgan fingerprint density at radius 1 is 0.528 bits per heavy atom. The van der Waals surface area contributed by atoms with E-state index in [1.807, 2.05) is 0 Å². The Labute approximate surface area is 205 Å². The maximum Gasteiger partial charge on any atom is 0.343 e. The Morgan fingerprint density at radius 2 is 0.861 bits per heavy atom. The van der Waals surface area contributed by atoms with Crippen molar-refractivity contribution < 1.29 is 48.3 Å². The van der Waals surface area contributed by atoms with Gasteiger partial charge in [0.2, 0.25) is 0 Å². The summed E-state index contributed by atoms with van der Waals surface area (Å²) in [6.45, 7) is -0.845. The first-order valence-electron chi connectivity index (χ1n) is 10.7. The van der Waals surface area contributed by atoms with Gasteiger partial charge in [-0.2, -0.15) is 0 Å². The van der Waals surface area contributed by atoms with Crippen LogP contribution in [0.25, 0.3) is 0 Å². The maximum absolute atomic E-state index is 12.4. The Hall–Kier alpha value is -4.54. The highest BCUT2D eigenvalue weighted by Crippen LogP contribution is 2.22. The molecule has 0 atom stereocenters. The van der Waals surface area contributed by atoms with Gasteiger partial charge in [-0.05, 0) is 60.7 Å². The van der Waals surface area contributed by atoms with Gasteiger partial charge in [0.25, 0.3) is 0 Å². The molecule has 0 radical (unpaired) electrons. The van der Waals surface area contributed by atoms with Gasteiger partial charge in [0.05, 0.1) is 35.5 Å². The normalized spacial score (nSPS) is 10.3. The number of benzene rings is 3. The molecule has 0 aliphatic heterocycles. The molecule has 2 N–H and O–H groups in total. The lowest BCUT2D eigenvalue weighted by atomic mass is 10.1. The van der Waals surface area contributed by atoms with E-state index in [1.165, 1.54) is 72.8 Å². The molecular formula is C26H22O10. The zero-order valence-electron chi connectivity index (χ0n) is 18.9. The molecule has 36 heavy (non-hydrogen) atoms. The number of hydrogen-bond donors (Lipinski definition) is 2. The van der Waals surface area contributed by atoms with Crippen molar-refractivity contribution in [2.75, 3.05) is 26.4 Å². The summed E-state index contributed by atoms with van der Waals surface area (Å²) in [6, 6.07) is 17.1. The van der Waals surface area contributed by atoms with E-state index < -0.39 is 23.9 Å². The second kappa shape index (κ2) is 12.8. The van der Waals surface area contributed by atoms with Gasteiger partial charge in [0.15, 0.2) is 0 Å². The Bertz CT molecular complexity index is 1120. The van der Waals surface area contributed by atoms with Crippen molar-refractivity contribution >= 4 is 23.9 Å². The molecule has 0 aromatic heterocycles. The predicted molar refractivity (Wildman–Crippen MR) is 124 cm³/mol. The van der Waals surface area contributed by atoms with Crippen LogP contribution in [0.15, 0.2) is 72.8 Å². The van der Waals surface area contributed by atoms with Crippen LogP contribution in [0.5, 0.6) is 11.5 Å². The second-order valence-electron chi connectivity index (χ2n) is 7.13. The van der Waals surface area contributed by atoms with Crippen molar-refractivity contribution in [1.29, 1.82) is 0 Å². The van der Waals surface area contributed by atoms with Crippen LogP contribution < -0.4 is 9.47 Å². The lowest BCUT2D eigenvalue weighted by Crippen LogP contribution is -2.12. The first-order valence-corrected chi connectivity index (χ1v) is 10.7. The molecule has 10 heteroatoms. The van der Waals surface area contributed by atoms with E-state index in [4.69, 9.17) is 29.2 Å². The minimum Gasteiger partial charge on any atom is -0.460 e. The molecule has 0 saturated heterocycles. The molecule has 0 fully saturated rings. The zero-order chi connectivity index (χ0) is 25.9. The van der Waals surface area contributed by atoms with Gasteiger partial charge in [-0.25, -0.2) is 19.2 Å². The van der Waals surface area contributed by atoms with Crippen molar-refractivity contribution in [2.24, 2.45) is 0 Å². The molecule has 0 amide bonds. The molecule has 3 aromatic carbocycles. The first-order chi connectivity index (χ1) is 17.4. The molecule has 186 valence electrons. The number of rotatable bonds is 10. The van der Waals surface area contributed by atoms with E-state index in [1.54, 1.807) is 0 Å². The quantitative estimate of drug-likeness (QED) is 0.318. The van der Waals surface area contributed by atoms with Crippen LogP contribution in [0.1, 0.15) is 41.4 Å². The summed E-state index contributed by atoms with van der Waals surface area (Å²) in [5.74, 6) is -2.41. The number of carbonyl (C=O) groups is 4. The van der Waals surface area contributed by atoms with E-state index >= 15 is 0 Å². The number of aliphatic hydroxyl groups is 2. The average Bonchev–Trinajstić information content (AvgIpc) is 2.90.